The standard InChI is InChI=1S/C22H19BFNO2/c23-20-12-11-19(14-21(20)24)27-15-18(13-16-7-3-1-4-8-16)25-22(26)17-9-5-2-6-10-17/h1-12,14,18H,13,15H2,(H,25,26)/t18-/m0/s1. The SMILES string of the molecule is [B]c1ccc(OC[C@H](Cc2ccccc2)NC(=O)c2ccccc2)cc1F. The molecular weight excluding hydrogens is 340 g/mol. The Balaban J connectivity index is 1.70. The Labute approximate surface area is 159 Å². The maximum Gasteiger partial charge on any atom is 0.251 e. The first-order valence-electron chi connectivity index (χ1n) is 8.69. The summed E-state index contributed by atoms with van der Waals surface area (Å²) < 4.78 is 19.3. The van der Waals surface area contributed by atoms with Crippen LogP contribution in [0, 0.1) is 5.82 Å². The predicted octanol–water partition coefficient (Wildman–Crippen LogP) is 3.04. The Morgan fingerprint density at radius 3 is 2.33 bits per heavy atom. The number of nitrogens with one attached hydrogen (secondary N) is 1. The molecule has 0 saturated carbocycles. The van der Waals surface area contributed by atoms with Gasteiger partial charge in [0, 0.05) is 11.6 Å². The second kappa shape index (κ2) is 9.03. The summed E-state index contributed by atoms with van der Waals surface area (Å²) in [7, 11) is 5.49. The van der Waals surface area contributed by atoms with E-state index in [4.69, 9.17) is 12.6 Å². The maximum atomic E-state index is 13.6. The first-order chi connectivity index (χ1) is 13.1. The molecule has 0 aliphatic rings. The van der Waals surface area contributed by atoms with E-state index >= 15 is 0 Å². The van der Waals surface area contributed by atoms with Crippen LogP contribution >= 0.6 is 0 Å². The summed E-state index contributed by atoms with van der Waals surface area (Å²) in [6, 6.07) is 22.8. The van der Waals surface area contributed by atoms with Crippen LogP contribution in [0.4, 0.5) is 4.39 Å². The van der Waals surface area contributed by atoms with E-state index in [1.807, 2.05) is 48.5 Å². The van der Waals surface area contributed by atoms with Crippen LogP contribution in [0.15, 0.2) is 78.9 Å². The van der Waals surface area contributed by atoms with E-state index in [0.29, 0.717) is 17.7 Å². The van der Waals surface area contributed by atoms with E-state index in [9.17, 15) is 9.18 Å². The van der Waals surface area contributed by atoms with Crippen LogP contribution in [-0.4, -0.2) is 26.4 Å². The van der Waals surface area contributed by atoms with Crippen molar-refractivity contribution in [2.75, 3.05) is 6.61 Å². The fourth-order valence-corrected chi connectivity index (χ4v) is 2.70. The van der Waals surface area contributed by atoms with Crippen LogP contribution in [0.3, 0.4) is 0 Å². The summed E-state index contributed by atoms with van der Waals surface area (Å²) in [5, 5.41) is 3.00. The van der Waals surface area contributed by atoms with Gasteiger partial charge in [0.25, 0.3) is 5.91 Å². The van der Waals surface area contributed by atoms with Gasteiger partial charge in [0.05, 0.1) is 6.04 Å². The molecule has 3 aromatic carbocycles. The highest BCUT2D eigenvalue weighted by Crippen LogP contribution is 2.12. The van der Waals surface area contributed by atoms with Crippen molar-refractivity contribution in [1.82, 2.24) is 5.32 Å². The Morgan fingerprint density at radius 1 is 1.00 bits per heavy atom. The molecule has 0 aliphatic carbocycles. The minimum atomic E-state index is -0.527. The minimum Gasteiger partial charge on any atom is -0.491 e. The molecule has 2 radical (unpaired) electrons. The van der Waals surface area contributed by atoms with Crippen molar-refractivity contribution in [2.24, 2.45) is 0 Å². The third-order valence-electron chi connectivity index (χ3n) is 4.12. The second-order valence-corrected chi connectivity index (χ2v) is 6.22. The Bertz CT molecular complexity index is 887. The molecule has 3 nitrogen and oxygen atoms in total. The maximum absolute atomic E-state index is 13.6. The van der Waals surface area contributed by atoms with Gasteiger partial charge in [-0.25, -0.2) is 4.39 Å². The number of rotatable bonds is 7. The predicted molar refractivity (Wildman–Crippen MR) is 105 cm³/mol. The van der Waals surface area contributed by atoms with Crippen LogP contribution in [-0.2, 0) is 6.42 Å². The minimum absolute atomic E-state index is 0.0700. The average molecular weight is 359 g/mol. The van der Waals surface area contributed by atoms with Gasteiger partial charge in [-0.3, -0.25) is 4.79 Å². The van der Waals surface area contributed by atoms with Crippen LogP contribution in [0.5, 0.6) is 5.75 Å². The molecule has 0 bridgehead atoms. The highest BCUT2D eigenvalue weighted by molar-refractivity contribution is 6.32. The third kappa shape index (κ3) is 5.45. The molecule has 0 aliphatic heterocycles. The van der Waals surface area contributed by atoms with Crippen molar-refractivity contribution in [1.29, 1.82) is 0 Å². The van der Waals surface area contributed by atoms with Crippen LogP contribution < -0.4 is 15.5 Å². The summed E-state index contributed by atoms with van der Waals surface area (Å²) in [6.45, 7) is 0.205. The van der Waals surface area contributed by atoms with E-state index in [0.717, 1.165) is 5.56 Å². The van der Waals surface area contributed by atoms with E-state index in [1.54, 1.807) is 18.2 Å². The number of ether oxygens (including phenoxy) is 1. The lowest BCUT2D eigenvalue weighted by Crippen LogP contribution is -2.40. The molecule has 0 fully saturated rings. The molecule has 0 aromatic heterocycles. The lowest BCUT2D eigenvalue weighted by molar-refractivity contribution is 0.0921. The fraction of sp³-hybridized carbons (Fsp3) is 0.136. The van der Waals surface area contributed by atoms with E-state index in [1.165, 1.54) is 12.1 Å². The summed E-state index contributed by atoms with van der Waals surface area (Å²) in [6.07, 6.45) is 0.594. The number of amides is 1. The summed E-state index contributed by atoms with van der Waals surface area (Å²) in [5.74, 6) is -0.335. The Kier molecular flexibility index (Phi) is 6.26. The van der Waals surface area contributed by atoms with E-state index in [-0.39, 0.29) is 24.0 Å². The van der Waals surface area contributed by atoms with Crippen molar-refractivity contribution in [3.63, 3.8) is 0 Å². The molecule has 0 unspecified atom stereocenters. The number of carbonyl (C=O) groups is 1. The van der Waals surface area contributed by atoms with Crippen LogP contribution in [0.1, 0.15) is 15.9 Å². The van der Waals surface area contributed by atoms with Gasteiger partial charge in [-0.2, -0.15) is 0 Å². The highest BCUT2D eigenvalue weighted by atomic mass is 19.1. The van der Waals surface area contributed by atoms with Crippen LogP contribution in [0.2, 0.25) is 0 Å². The molecule has 134 valence electrons. The third-order valence-corrected chi connectivity index (χ3v) is 4.12. The Hall–Kier alpha value is -3.08. The summed E-state index contributed by atoms with van der Waals surface area (Å²) in [5.41, 5.74) is 1.72. The molecule has 1 N–H and O–H groups in total. The largest absolute Gasteiger partial charge is 0.491 e. The van der Waals surface area contributed by atoms with Gasteiger partial charge in [-0.05, 0) is 30.2 Å². The second-order valence-electron chi connectivity index (χ2n) is 6.22. The van der Waals surface area contributed by atoms with Gasteiger partial charge in [-0.15, -0.1) is 0 Å². The van der Waals surface area contributed by atoms with Crippen molar-refractivity contribution in [3.05, 3.63) is 95.8 Å². The van der Waals surface area contributed by atoms with Crippen molar-refractivity contribution in [3.8, 4) is 5.75 Å². The highest BCUT2D eigenvalue weighted by Gasteiger charge is 2.15. The zero-order valence-electron chi connectivity index (χ0n) is 14.8. The molecule has 0 heterocycles. The lowest BCUT2D eigenvalue weighted by atomic mass is 9.96. The molecule has 5 heteroatoms. The topological polar surface area (TPSA) is 38.3 Å². The first kappa shape index (κ1) is 18.7. The lowest BCUT2D eigenvalue weighted by Gasteiger charge is -2.20. The summed E-state index contributed by atoms with van der Waals surface area (Å²) in [4.78, 5) is 12.5. The van der Waals surface area contributed by atoms with Gasteiger partial charge in [-0.1, -0.05) is 60.1 Å². The normalized spacial score (nSPS) is 11.6. The zero-order chi connectivity index (χ0) is 19.1. The van der Waals surface area contributed by atoms with E-state index < -0.39 is 5.82 Å². The monoisotopic (exact) mass is 359 g/mol. The smallest absolute Gasteiger partial charge is 0.251 e. The molecule has 0 saturated heterocycles. The van der Waals surface area contributed by atoms with Gasteiger partial charge in [0.1, 0.15) is 26.0 Å². The van der Waals surface area contributed by atoms with Crippen molar-refractivity contribution in [2.45, 2.75) is 12.5 Å². The Morgan fingerprint density at radius 2 is 1.67 bits per heavy atom. The van der Waals surface area contributed by atoms with Crippen molar-refractivity contribution >= 4 is 19.2 Å². The summed E-state index contributed by atoms with van der Waals surface area (Å²) >= 11 is 0. The average Bonchev–Trinajstić information content (AvgIpc) is 2.70. The first-order valence-corrected chi connectivity index (χ1v) is 8.69. The van der Waals surface area contributed by atoms with Crippen LogP contribution in [0.25, 0.3) is 0 Å². The molecule has 3 aromatic rings. The number of hydrogen-bond acceptors (Lipinski definition) is 2. The molecule has 0 spiro atoms. The number of benzene rings is 3. The number of hydrogen-bond donors (Lipinski definition) is 1. The van der Waals surface area contributed by atoms with Gasteiger partial charge in [0.2, 0.25) is 0 Å². The van der Waals surface area contributed by atoms with Gasteiger partial charge in [0.15, 0.2) is 0 Å². The number of halogens is 1. The van der Waals surface area contributed by atoms with E-state index in [2.05, 4.69) is 5.32 Å². The molecule has 1 atom stereocenters. The van der Waals surface area contributed by atoms with Crippen molar-refractivity contribution < 1.29 is 13.9 Å². The molecule has 1 amide bonds. The molecule has 27 heavy (non-hydrogen) atoms. The molecule has 3 rings (SSSR count). The quantitative estimate of drug-likeness (QED) is 0.659. The fourth-order valence-electron chi connectivity index (χ4n) is 2.70. The molecular formula is C22H19BFNO2. The van der Waals surface area contributed by atoms with Gasteiger partial charge < -0.3 is 10.1 Å². The number of carbonyl (C=O) groups excluding carboxylic acids is 1. The van der Waals surface area contributed by atoms with Gasteiger partial charge >= 0.3 is 0 Å². The zero-order valence-corrected chi connectivity index (χ0v) is 14.8.